The molecule has 2 aromatic heterocycles. The Morgan fingerprint density at radius 2 is 0.742 bits per heavy atom. The van der Waals surface area contributed by atoms with E-state index in [0.29, 0.717) is 0 Å². The molecule has 10 aromatic carbocycles. The topological polar surface area (TPSA) is 18.1 Å². The maximum atomic E-state index is 6.24. The molecule has 0 spiro atoms. The largest absolute Gasteiger partial charge is 0.456 e. The predicted octanol–water partition coefficient (Wildman–Crippen LogP) is 16.0. The molecule has 2 nitrogen and oxygen atoms in total. The van der Waals surface area contributed by atoms with E-state index in [1.54, 1.807) is 0 Å². The summed E-state index contributed by atoms with van der Waals surface area (Å²) in [7, 11) is 0. The number of hydrogen-bond acceptors (Lipinski definition) is 1. The van der Waals surface area contributed by atoms with Gasteiger partial charge in [-0.1, -0.05) is 193 Å². The molecule has 0 atom stereocenters. The highest BCUT2D eigenvalue weighted by atomic mass is 16.3. The molecule has 2 aliphatic carbocycles. The van der Waals surface area contributed by atoms with Gasteiger partial charge >= 0.3 is 0 Å². The van der Waals surface area contributed by atoms with Crippen molar-refractivity contribution in [3.05, 3.63) is 280 Å². The Hall–Kier alpha value is -8.20. The van der Waals surface area contributed by atoms with Gasteiger partial charge in [-0.15, -0.1) is 0 Å². The van der Waals surface area contributed by atoms with Gasteiger partial charge in [0.2, 0.25) is 0 Å². The molecule has 0 bridgehead atoms. The van der Waals surface area contributed by atoms with Crippen LogP contribution in [0.2, 0.25) is 0 Å². The third-order valence-corrected chi connectivity index (χ3v) is 15.0. The van der Waals surface area contributed by atoms with Gasteiger partial charge in [-0.2, -0.15) is 0 Å². The zero-order chi connectivity index (χ0) is 43.7. The standard InChI is InChI=1S/C64H43NO/c1-40-35-53-61-55(37-40)64(46-28-25-42(26-29-46)43-27-34-60-52(39-43)51-21-11-14-24-59(51)66-60,47-30-32-48(33-31-47)65-57-22-12-9-19-49(57)50-20-10-13-23-58(50)65)56-38-41(2)36-54(62(56)61)63(53,44-15-5-3-6-16-44)45-17-7-4-8-18-45/h3-39H,1-2H3. The van der Waals surface area contributed by atoms with E-state index >= 15 is 0 Å². The first-order valence-corrected chi connectivity index (χ1v) is 23.1. The van der Waals surface area contributed by atoms with Crippen molar-refractivity contribution in [2.24, 2.45) is 0 Å². The Morgan fingerprint density at radius 1 is 0.333 bits per heavy atom. The fourth-order valence-corrected chi connectivity index (χ4v) is 12.4. The molecule has 0 aliphatic heterocycles. The van der Waals surface area contributed by atoms with E-state index in [1.807, 2.05) is 6.07 Å². The molecule has 0 radical (unpaired) electrons. The minimum Gasteiger partial charge on any atom is -0.456 e. The summed E-state index contributed by atoms with van der Waals surface area (Å²) in [6.07, 6.45) is 0. The Kier molecular flexibility index (Phi) is 7.70. The maximum absolute atomic E-state index is 6.24. The zero-order valence-electron chi connectivity index (χ0n) is 36.7. The highest BCUT2D eigenvalue weighted by Crippen LogP contribution is 2.67. The Labute approximate surface area is 383 Å². The third-order valence-electron chi connectivity index (χ3n) is 15.0. The second-order valence-electron chi connectivity index (χ2n) is 18.5. The number of para-hydroxylation sites is 3. The van der Waals surface area contributed by atoms with Gasteiger partial charge in [0, 0.05) is 27.2 Å². The van der Waals surface area contributed by atoms with Gasteiger partial charge in [0.25, 0.3) is 0 Å². The summed E-state index contributed by atoms with van der Waals surface area (Å²) in [5.74, 6) is 0. The summed E-state index contributed by atoms with van der Waals surface area (Å²) in [6, 6.07) is 83.9. The Morgan fingerprint density at radius 3 is 1.27 bits per heavy atom. The molecule has 0 fully saturated rings. The van der Waals surface area contributed by atoms with Gasteiger partial charge in [-0.05, 0) is 123 Å². The van der Waals surface area contributed by atoms with Crippen LogP contribution in [0, 0.1) is 13.8 Å². The molecular weight excluding hydrogens is 799 g/mol. The first-order valence-electron chi connectivity index (χ1n) is 23.1. The van der Waals surface area contributed by atoms with Crippen molar-refractivity contribution in [2.75, 3.05) is 0 Å². The third kappa shape index (κ3) is 4.85. The Bertz CT molecular complexity index is 3770. The zero-order valence-corrected chi connectivity index (χ0v) is 36.7. The van der Waals surface area contributed by atoms with Crippen molar-refractivity contribution in [2.45, 2.75) is 24.7 Å². The fourth-order valence-electron chi connectivity index (χ4n) is 12.4. The lowest BCUT2D eigenvalue weighted by Crippen LogP contribution is -2.33. The van der Waals surface area contributed by atoms with Crippen molar-refractivity contribution in [1.29, 1.82) is 0 Å². The van der Waals surface area contributed by atoms with E-state index in [9.17, 15) is 0 Å². The van der Waals surface area contributed by atoms with Crippen LogP contribution in [0.1, 0.15) is 55.6 Å². The second-order valence-corrected chi connectivity index (χ2v) is 18.5. The van der Waals surface area contributed by atoms with Crippen LogP contribution >= 0.6 is 0 Å². The van der Waals surface area contributed by atoms with E-state index in [1.165, 1.54) is 99.7 Å². The molecule has 2 aliphatic rings. The minimum atomic E-state index is -0.603. The van der Waals surface area contributed by atoms with Gasteiger partial charge in [-0.3, -0.25) is 0 Å². The van der Waals surface area contributed by atoms with Crippen LogP contribution in [0.4, 0.5) is 0 Å². The molecular formula is C64H43NO. The molecule has 0 amide bonds. The lowest BCUT2D eigenvalue weighted by atomic mass is 9.62. The van der Waals surface area contributed by atoms with Gasteiger partial charge in [0.15, 0.2) is 0 Å². The van der Waals surface area contributed by atoms with Crippen LogP contribution < -0.4 is 0 Å². The van der Waals surface area contributed by atoms with Gasteiger partial charge in [-0.25, -0.2) is 0 Å². The van der Waals surface area contributed by atoms with E-state index in [4.69, 9.17) is 4.42 Å². The van der Waals surface area contributed by atoms with Crippen molar-refractivity contribution in [1.82, 2.24) is 4.57 Å². The molecule has 0 saturated carbocycles. The van der Waals surface area contributed by atoms with Crippen LogP contribution in [0.25, 0.3) is 71.7 Å². The monoisotopic (exact) mass is 841 g/mol. The quantitative estimate of drug-likeness (QED) is 0.163. The number of benzene rings is 10. The molecule has 0 N–H and O–H groups in total. The summed E-state index contributed by atoms with van der Waals surface area (Å²) < 4.78 is 8.66. The van der Waals surface area contributed by atoms with E-state index in [2.05, 4.69) is 237 Å². The minimum absolute atomic E-state index is 0.485. The summed E-state index contributed by atoms with van der Waals surface area (Å²) in [5.41, 5.74) is 22.4. The van der Waals surface area contributed by atoms with Crippen molar-refractivity contribution < 1.29 is 4.42 Å². The SMILES string of the molecule is Cc1cc2c3c(c1)C(c1ccc(-c4ccc5oc6ccccc6c5c4)cc1)(c1ccc(-n4c5ccccc5c5ccccc54)cc1)c1cc(C)cc(c1-3)C2(c1ccccc1)c1ccccc1. The lowest BCUT2D eigenvalue weighted by Gasteiger charge is -2.39. The number of nitrogens with zero attached hydrogens (tertiary/aromatic N) is 1. The van der Waals surface area contributed by atoms with Crippen molar-refractivity contribution in [3.63, 3.8) is 0 Å². The van der Waals surface area contributed by atoms with E-state index < -0.39 is 10.8 Å². The van der Waals surface area contributed by atoms with E-state index in [-0.39, 0.29) is 0 Å². The summed E-state index contributed by atoms with van der Waals surface area (Å²) in [4.78, 5) is 0. The normalized spacial score (nSPS) is 14.2. The summed E-state index contributed by atoms with van der Waals surface area (Å²) in [5, 5.41) is 4.81. The average Bonchev–Trinajstić information content (AvgIpc) is 4.08. The van der Waals surface area contributed by atoms with Gasteiger partial charge in [0.1, 0.15) is 11.2 Å². The summed E-state index contributed by atoms with van der Waals surface area (Å²) in [6.45, 7) is 4.58. The average molecular weight is 842 g/mol. The molecule has 310 valence electrons. The number of rotatable bonds is 6. The van der Waals surface area contributed by atoms with E-state index in [0.717, 1.165) is 27.6 Å². The fraction of sp³-hybridized carbons (Fsp3) is 0.0625. The number of furan rings is 1. The lowest BCUT2D eigenvalue weighted by molar-refractivity contribution is 0.669. The van der Waals surface area contributed by atoms with Crippen LogP contribution in [0.5, 0.6) is 0 Å². The molecule has 66 heavy (non-hydrogen) atoms. The number of aryl methyl sites for hydroxylation is 2. The van der Waals surface area contributed by atoms with Crippen LogP contribution in [-0.4, -0.2) is 4.57 Å². The first-order chi connectivity index (χ1) is 32.5. The van der Waals surface area contributed by atoms with Crippen LogP contribution in [0.3, 0.4) is 0 Å². The highest BCUT2D eigenvalue weighted by Gasteiger charge is 2.56. The molecule has 12 aromatic rings. The smallest absolute Gasteiger partial charge is 0.135 e. The number of aromatic nitrogens is 1. The van der Waals surface area contributed by atoms with Crippen LogP contribution in [0.15, 0.2) is 229 Å². The maximum Gasteiger partial charge on any atom is 0.135 e. The predicted molar refractivity (Wildman–Crippen MR) is 272 cm³/mol. The first kappa shape index (κ1) is 37.2. The van der Waals surface area contributed by atoms with Crippen LogP contribution in [-0.2, 0) is 10.8 Å². The van der Waals surface area contributed by atoms with Gasteiger partial charge < -0.3 is 8.98 Å². The number of fused-ring (bicyclic) bond motifs is 6. The van der Waals surface area contributed by atoms with Gasteiger partial charge in [0.05, 0.1) is 21.9 Å². The molecule has 2 heteroatoms. The highest BCUT2D eigenvalue weighted by molar-refractivity contribution is 6.09. The Balaban J connectivity index is 1.04. The van der Waals surface area contributed by atoms with Crippen molar-refractivity contribution >= 4 is 43.7 Å². The second kappa shape index (κ2) is 13.7. The van der Waals surface area contributed by atoms with Crippen molar-refractivity contribution in [3.8, 4) is 27.9 Å². The molecule has 0 saturated heterocycles. The summed E-state index contributed by atoms with van der Waals surface area (Å²) >= 11 is 0. The number of hydrogen-bond donors (Lipinski definition) is 0. The molecule has 14 rings (SSSR count). The molecule has 2 heterocycles. The molecule has 0 unspecified atom stereocenters.